The Labute approximate surface area is 234 Å². The molecule has 0 fully saturated rings. The summed E-state index contributed by atoms with van der Waals surface area (Å²) in [5, 5.41) is 11.1. The van der Waals surface area contributed by atoms with Gasteiger partial charge in [0.2, 0.25) is 5.91 Å². The van der Waals surface area contributed by atoms with Gasteiger partial charge in [-0.15, -0.1) is 0 Å². The number of halogens is 2. The van der Waals surface area contributed by atoms with Gasteiger partial charge in [0.15, 0.2) is 0 Å². The van der Waals surface area contributed by atoms with Crippen molar-refractivity contribution in [2.75, 3.05) is 4.90 Å². The predicted octanol–water partition coefficient (Wildman–Crippen LogP) is 5.20. The maximum Gasteiger partial charge on any atom is 0.355 e. The molecular weight excluding hydrogens is 530 g/mol. The number of carbonyl (C=O) groups excluding carboxylic acids is 3. The topological polar surface area (TPSA) is 129 Å². The van der Waals surface area contributed by atoms with Gasteiger partial charge in [0, 0.05) is 16.6 Å². The second-order valence-corrected chi connectivity index (χ2v) is 11.4. The third-order valence-corrected chi connectivity index (χ3v) is 8.47. The number of anilines is 1. The Hall–Kier alpha value is -4.44. The van der Waals surface area contributed by atoms with Crippen LogP contribution in [0.5, 0.6) is 0 Å². The molecule has 210 valence electrons. The van der Waals surface area contributed by atoms with Crippen molar-refractivity contribution in [1.29, 1.82) is 0 Å². The molecule has 2 atom stereocenters. The SMILES string of the molecule is Cc1c(-c2c(F)cc(C(N)=O)c3[nH]c4c(c23)CC[C@H](C(C)(C)O)C4)cccc1N1C(=O)N=C2C(F)=CC=CC2C1=O. The van der Waals surface area contributed by atoms with Crippen LogP contribution < -0.4 is 10.6 Å². The number of allylic oxidation sites excluding steroid dienone is 3. The van der Waals surface area contributed by atoms with Gasteiger partial charge >= 0.3 is 6.03 Å². The highest BCUT2D eigenvalue weighted by Crippen LogP contribution is 2.44. The number of aliphatic hydroxyl groups is 1. The van der Waals surface area contributed by atoms with Gasteiger partial charge in [-0.05, 0) is 80.9 Å². The first-order valence-corrected chi connectivity index (χ1v) is 13.4. The highest BCUT2D eigenvalue weighted by Gasteiger charge is 2.40. The van der Waals surface area contributed by atoms with Crippen molar-refractivity contribution in [3.63, 3.8) is 0 Å². The second kappa shape index (κ2) is 9.31. The smallest absolute Gasteiger partial charge is 0.355 e. The van der Waals surface area contributed by atoms with Crippen molar-refractivity contribution < 1.29 is 28.3 Å². The number of benzene rings is 2. The van der Waals surface area contributed by atoms with Crippen molar-refractivity contribution in [2.24, 2.45) is 22.6 Å². The molecule has 2 aromatic carbocycles. The molecule has 2 heterocycles. The van der Waals surface area contributed by atoms with Gasteiger partial charge < -0.3 is 15.8 Å². The Morgan fingerprint density at radius 1 is 1.24 bits per heavy atom. The second-order valence-electron chi connectivity index (χ2n) is 11.4. The molecule has 1 unspecified atom stereocenters. The van der Waals surface area contributed by atoms with Crippen molar-refractivity contribution in [3.05, 3.63) is 76.5 Å². The number of rotatable bonds is 4. The monoisotopic (exact) mass is 558 g/mol. The number of nitrogens with one attached hydrogen (secondary N) is 1. The van der Waals surface area contributed by atoms with Crippen LogP contribution in [0.25, 0.3) is 22.0 Å². The summed E-state index contributed by atoms with van der Waals surface area (Å²) >= 11 is 0. The van der Waals surface area contributed by atoms with Crippen LogP contribution >= 0.6 is 0 Å². The summed E-state index contributed by atoms with van der Waals surface area (Å²) in [4.78, 5) is 46.8. The molecular formula is C31H28F2N4O4. The average Bonchev–Trinajstić information content (AvgIpc) is 3.28. The van der Waals surface area contributed by atoms with Crippen molar-refractivity contribution in [1.82, 2.24) is 4.98 Å². The average molecular weight is 559 g/mol. The molecule has 2 aliphatic carbocycles. The Morgan fingerprint density at radius 2 is 2.00 bits per heavy atom. The van der Waals surface area contributed by atoms with Crippen LogP contribution in [0.2, 0.25) is 0 Å². The van der Waals surface area contributed by atoms with E-state index in [4.69, 9.17) is 5.73 Å². The Bertz CT molecular complexity index is 1780. The van der Waals surface area contributed by atoms with Gasteiger partial charge in [-0.2, -0.15) is 4.99 Å². The fraction of sp³-hybridized carbons (Fsp3) is 0.290. The highest BCUT2D eigenvalue weighted by atomic mass is 19.1. The van der Waals surface area contributed by atoms with Crippen LogP contribution in [0.4, 0.5) is 19.3 Å². The van der Waals surface area contributed by atoms with Crippen LogP contribution in [-0.4, -0.2) is 39.2 Å². The lowest BCUT2D eigenvalue weighted by Crippen LogP contribution is -2.47. The molecule has 41 heavy (non-hydrogen) atoms. The van der Waals surface area contributed by atoms with Crippen LogP contribution in [-0.2, 0) is 17.6 Å². The lowest BCUT2D eigenvalue weighted by molar-refractivity contribution is -0.118. The summed E-state index contributed by atoms with van der Waals surface area (Å²) in [5.74, 6) is -3.98. The lowest BCUT2D eigenvalue weighted by Gasteiger charge is -2.32. The Balaban J connectivity index is 1.54. The van der Waals surface area contributed by atoms with Gasteiger partial charge in [0.1, 0.15) is 17.6 Å². The molecule has 1 aromatic heterocycles. The first kappa shape index (κ1) is 26.8. The summed E-state index contributed by atoms with van der Waals surface area (Å²) in [6.45, 7) is 5.17. The van der Waals surface area contributed by atoms with Gasteiger partial charge in [-0.3, -0.25) is 9.59 Å². The molecule has 4 N–H and O–H groups in total. The van der Waals surface area contributed by atoms with Crippen LogP contribution in [0.1, 0.15) is 47.4 Å². The van der Waals surface area contributed by atoms with E-state index in [2.05, 4.69) is 9.98 Å². The van der Waals surface area contributed by atoms with Crippen LogP contribution in [0, 0.1) is 24.6 Å². The number of primary amides is 1. The summed E-state index contributed by atoms with van der Waals surface area (Å²) in [7, 11) is 0. The van der Waals surface area contributed by atoms with Gasteiger partial charge in [0.25, 0.3) is 5.91 Å². The number of imide groups is 1. The first-order chi connectivity index (χ1) is 19.4. The molecule has 0 bridgehead atoms. The number of fused-ring (bicyclic) bond motifs is 4. The summed E-state index contributed by atoms with van der Waals surface area (Å²) in [5.41, 5.74) is 7.75. The molecule has 4 amide bonds. The maximum absolute atomic E-state index is 16.0. The maximum atomic E-state index is 16.0. The van der Waals surface area contributed by atoms with E-state index < -0.39 is 41.0 Å². The molecule has 0 radical (unpaired) electrons. The number of carbonyl (C=O) groups is 3. The zero-order chi connectivity index (χ0) is 29.4. The number of hydrogen-bond donors (Lipinski definition) is 3. The molecule has 1 aliphatic heterocycles. The summed E-state index contributed by atoms with van der Waals surface area (Å²) in [6.07, 6.45) is 5.71. The van der Waals surface area contributed by atoms with E-state index in [0.29, 0.717) is 41.3 Å². The normalized spacial score (nSPS) is 20.6. The number of aryl methyl sites for hydroxylation is 1. The minimum absolute atomic E-state index is 0.00619. The van der Waals surface area contributed by atoms with E-state index in [9.17, 15) is 23.9 Å². The van der Waals surface area contributed by atoms with E-state index in [1.807, 2.05) is 0 Å². The fourth-order valence-corrected chi connectivity index (χ4v) is 6.28. The predicted molar refractivity (Wildman–Crippen MR) is 151 cm³/mol. The van der Waals surface area contributed by atoms with Gasteiger partial charge in [-0.25, -0.2) is 18.5 Å². The number of hydrogen-bond acceptors (Lipinski definition) is 4. The van der Waals surface area contributed by atoms with E-state index >= 15 is 4.39 Å². The number of aromatic nitrogens is 1. The zero-order valence-corrected chi connectivity index (χ0v) is 22.7. The zero-order valence-electron chi connectivity index (χ0n) is 22.7. The van der Waals surface area contributed by atoms with E-state index in [1.54, 1.807) is 39.0 Å². The quantitative estimate of drug-likeness (QED) is 0.406. The van der Waals surface area contributed by atoms with Gasteiger partial charge in [0.05, 0.1) is 28.1 Å². The number of H-pyrrole nitrogens is 1. The number of aromatic amines is 1. The van der Waals surface area contributed by atoms with E-state index in [-0.39, 0.29) is 28.4 Å². The fourth-order valence-electron chi connectivity index (χ4n) is 6.28. The Morgan fingerprint density at radius 3 is 2.71 bits per heavy atom. The lowest BCUT2D eigenvalue weighted by atomic mass is 9.77. The number of aliphatic imine (C=N–C) groups is 1. The minimum atomic E-state index is -1.06. The Kier molecular flexibility index (Phi) is 6.07. The third-order valence-electron chi connectivity index (χ3n) is 8.47. The van der Waals surface area contributed by atoms with E-state index in [1.165, 1.54) is 12.2 Å². The molecule has 0 saturated heterocycles. The van der Waals surface area contributed by atoms with Crippen LogP contribution in [0.3, 0.4) is 0 Å². The minimum Gasteiger partial charge on any atom is -0.390 e. The molecule has 6 rings (SSSR count). The van der Waals surface area contributed by atoms with Crippen molar-refractivity contribution in [2.45, 2.75) is 45.6 Å². The molecule has 8 nitrogen and oxygen atoms in total. The van der Waals surface area contributed by atoms with Crippen LogP contribution in [0.15, 0.2) is 53.3 Å². The largest absolute Gasteiger partial charge is 0.390 e. The molecule has 3 aliphatic rings. The van der Waals surface area contributed by atoms with Gasteiger partial charge in [-0.1, -0.05) is 24.3 Å². The molecule has 10 heteroatoms. The summed E-state index contributed by atoms with van der Waals surface area (Å²) in [6, 6.07) is 5.00. The summed E-state index contributed by atoms with van der Waals surface area (Å²) < 4.78 is 30.3. The standard InChI is InChI=1S/C31H28F2N4O4/c1-14-16(6-5-9-23(14)37-29(39)18-7-4-8-20(32)26(18)36-30(37)40)24-21(33)13-19(28(34)38)27-25(24)17-11-10-15(31(2,3)41)12-22(17)35-27/h4-9,13,15,18,35,41H,10-12H2,1-3H3,(H2,34,38)/t15-,18?/m0/s1. The van der Waals surface area contributed by atoms with E-state index in [0.717, 1.165) is 28.3 Å². The number of urea groups is 1. The molecule has 3 aromatic rings. The number of nitrogens with zero attached hydrogens (tertiary/aromatic N) is 2. The first-order valence-electron chi connectivity index (χ1n) is 13.4. The third kappa shape index (κ3) is 4.12. The number of nitrogens with two attached hydrogens (primary N) is 1. The van der Waals surface area contributed by atoms with Crippen molar-refractivity contribution >= 4 is 40.1 Å². The molecule has 0 saturated carbocycles. The van der Waals surface area contributed by atoms with Crippen molar-refractivity contribution in [3.8, 4) is 11.1 Å². The number of amides is 4. The highest BCUT2D eigenvalue weighted by molar-refractivity contribution is 6.31. The molecule has 0 spiro atoms.